The fraction of sp³-hybridized carbons (Fsp3) is 0.562. The van der Waals surface area contributed by atoms with Crippen LogP contribution in [0.5, 0.6) is 0 Å². The normalized spacial score (nSPS) is 22.1. The quantitative estimate of drug-likeness (QED) is 0.895. The molecule has 122 valence electrons. The molecule has 4 nitrogen and oxygen atoms in total. The first-order chi connectivity index (χ1) is 10.2. The SMILES string of the molecule is Cl.O=C([C@@H]1CCCNC1)N1CCN(c2cccc(Cl)c2)CC1. The van der Waals surface area contributed by atoms with Crippen LogP contribution in [-0.4, -0.2) is 50.1 Å². The van der Waals surface area contributed by atoms with E-state index in [1.54, 1.807) is 0 Å². The van der Waals surface area contributed by atoms with Crippen molar-refractivity contribution in [3.05, 3.63) is 29.3 Å². The van der Waals surface area contributed by atoms with Crippen molar-refractivity contribution in [3.8, 4) is 0 Å². The number of halogens is 2. The van der Waals surface area contributed by atoms with Gasteiger partial charge in [-0.25, -0.2) is 0 Å². The fourth-order valence-corrected chi connectivity index (χ4v) is 3.36. The predicted octanol–water partition coefficient (Wildman–Crippen LogP) is 2.41. The van der Waals surface area contributed by atoms with Crippen LogP contribution in [0.25, 0.3) is 0 Å². The highest BCUT2D eigenvalue weighted by Crippen LogP contribution is 2.22. The van der Waals surface area contributed by atoms with E-state index >= 15 is 0 Å². The smallest absolute Gasteiger partial charge is 0.227 e. The third kappa shape index (κ3) is 4.06. The van der Waals surface area contributed by atoms with Gasteiger partial charge in [0.2, 0.25) is 5.91 Å². The van der Waals surface area contributed by atoms with E-state index in [1.807, 2.05) is 23.1 Å². The largest absolute Gasteiger partial charge is 0.368 e. The molecular weight excluding hydrogens is 321 g/mol. The van der Waals surface area contributed by atoms with E-state index in [9.17, 15) is 4.79 Å². The summed E-state index contributed by atoms with van der Waals surface area (Å²) in [4.78, 5) is 16.8. The van der Waals surface area contributed by atoms with Crippen LogP contribution in [0, 0.1) is 5.92 Å². The molecule has 6 heteroatoms. The van der Waals surface area contributed by atoms with E-state index in [-0.39, 0.29) is 18.3 Å². The number of nitrogens with one attached hydrogen (secondary N) is 1. The van der Waals surface area contributed by atoms with E-state index in [4.69, 9.17) is 11.6 Å². The summed E-state index contributed by atoms with van der Waals surface area (Å²) in [6, 6.07) is 7.93. The first kappa shape index (κ1) is 17.4. The van der Waals surface area contributed by atoms with E-state index in [2.05, 4.69) is 16.3 Å². The van der Waals surface area contributed by atoms with Crippen LogP contribution in [0.4, 0.5) is 5.69 Å². The Kier molecular flexibility index (Phi) is 6.36. The van der Waals surface area contributed by atoms with Gasteiger partial charge >= 0.3 is 0 Å². The number of piperazine rings is 1. The zero-order valence-electron chi connectivity index (χ0n) is 12.6. The summed E-state index contributed by atoms with van der Waals surface area (Å²) in [5.74, 6) is 0.504. The Morgan fingerprint density at radius 1 is 1.23 bits per heavy atom. The number of hydrogen-bond acceptors (Lipinski definition) is 3. The maximum absolute atomic E-state index is 12.5. The highest BCUT2D eigenvalue weighted by Gasteiger charge is 2.28. The van der Waals surface area contributed by atoms with Crippen molar-refractivity contribution in [2.24, 2.45) is 5.92 Å². The Morgan fingerprint density at radius 3 is 2.64 bits per heavy atom. The number of anilines is 1. The Labute approximate surface area is 143 Å². The van der Waals surface area contributed by atoms with E-state index in [1.165, 1.54) is 0 Å². The second-order valence-electron chi connectivity index (χ2n) is 5.84. The molecule has 2 aliphatic heterocycles. The van der Waals surface area contributed by atoms with Gasteiger partial charge < -0.3 is 15.1 Å². The van der Waals surface area contributed by atoms with Gasteiger partial charge in [0.1, 0.15) is 0 Å². The van der Waals surface area contributed by atoms with E-state index < -0.39 is 0 Å². The summed E-state index contributed by atoms with van der Waals surface area (Å²) in [5.41, 5.74) is 1.15. The molecule has 0 unspecified atom stereocenters. The highest BCUT2D eigenvalue weighted by molar-refractivity contribution is 6.30. The van der Waals surface area contributed by atoms with Crippen molar-refractivity contribution in [1.82, 2.24) is 10.2 Å². The topological polar surface area (TPSA) is 35.6 Å². The van der Waals surface area contributed by atoms with E-state index in [0.29, 0.717) is 5.91 Å². The van der Waals surface area contributed by atoms with Gasteiger partial charge in [-0.2, -0.15) is 0 Å². The summed E-state index contributed by atoms with van der Waals surface area (Å²) in [5, 5.41) is 4.09. The maximum Gasteiger partial charge on any atom is 0.227 e. The molecule has 22 heavy (non-hydrogen) atoms. The van der Waals surface area contributed by atoms with Crippen molar-refractivity contribution >= 4 is 35.6 Å². The van der Waals surface area contributed by atoms with Crippen LogP contribution in [0.2, 0.25) is 5.02 Å². The molecule has 2 heterocycles. The van der Waals surface area contributed by atoms with Gasteiger partial charge in [0.05, 0.1) is 5.92 Å². The Bertz CT molecular complexity index is 498. The highest BCUT2D eigenvalue weighted by atomic mass is 35.5. The van der Waals surface area contributed by atoms with E-state index in [0.717, 1.165) is 62.8 Å². The van der Waals surface area contributed by atoms with Gasteiger partial charge in [0.15, 0.2) is 0 Å². The standard InChI is InChI=1S/C16H22ClN3O.ClH/c17-14-4-1-5-15(11-14)19-7-9-20(10-8-19)16(21)13-3-2-6-18-12-13;/h1,4-5,11,13,18H,2-3,6-10,12H2;1H/t13-;/m1./s1. The van der Waals surface area contributed by atoms with Crippen LogP contribution in [0.15, 0.2) is 24.3 Å². The van der Waals surface area contributed by atoms with Gasteiger partial charge in [-0.1, -0.05) is 17.7 Å². The third-order valence-electron chi connectivity index (χ3n) is 4.41. The number of hydrogen-bond donors (Lipinski definition) is 1. The van der Waals surface area contributed by atoms with Crippen molar-refractivity contribution in [2.45, 2.75) is 12.8 Å². The number of carbonyl (C=O) groups excluding carboxylic acids is 1. The van der Waals surface area contributed by atoms with Crippen LogP contribution in [-0.2, 0) is 4.79 Å². The molecule has 0 aliphatic carbocycles. The first-order valence-electron chi connectivity index (χ1n) is 7.74. The minimum Gasteiger partial charge on any atom is -0.368 e. The molecule has 0 bridgehead atoms. The Balaban J connectivity index is 0.00000176. The maximum atomic E-state index is 12.5. The lowest BCUT2D eigenvalue weighted by molar-refractivity contribution is -0.136. The van der Waals surface area contributed by atoms with Crippen molar-refractivity contribution in [3.63, 3.8) is 0 Å². The molecule has 2 aliphatic rings. The minimum atomic E-state index is 0. The van der Waals surface area contributed by atoms with Gasteiger partial charge in [0.25, 0.3) is 0 Å². The van der Waals surface area contributed by atoms with Gasteiger partial charge in [0, 0.05) is 43.4 Å². The summed E-state index contributed by atoms with van der Waals surface area (Å²) in [6.07, 6.45) is 2.14. The van der Waals surface area contributed by atoms with Crippen LogP contribution in [0.3, 0.4) is 0 Å². The summed E-state index contributed by atoms with van der Waals surface area (Å²) >= 11 is 6.05. The Hall–Kier alpha value is -0.970. The average molecular weight is 344 g/mol. The van der Waals surface area contributed by atoms with Gasteiger partial charge in [-0.05, 0) is 37.6 Å². The number of benzene rings is 1. The molecule has 1 N–H and O–H groups in total. The molecule has 1 atom stereocenters. The van der Waals surface area contributed by atoms with Crippen LogP contribution < -0.4 is 10.2 Å². The molecule has 2 fully saturated rings. The van der Waals surface area contributed by atoms with Crippen molar-refractivity contribution < 1.29 is 4.79 Å². The molecular formula is C16H23Cl2N3O. The van der Waals surface area contributed by atoms with Gasteiger partial charge in [-0.3, -0.25) is 4.79 Å². The molecule has 0 aromatic heterocycles. The number of carbonyl (C=O) groups is 1. The monoisotopic (exact) mass is 343 g/mol. The number of amides is 1. The Morgan fingerprint density at radius 2 is 2.00 bits per heavy atom. The average Bonchev–Trinajstić information content (AvgIpc) is 2.55. The minimum absolute atomic E-state index is 0. The zero-order valence-corrected chi connectivity index (χ0v) is 14.2. The predicted molar refractivity (Wildman–Crippen MR) is 93.1 cm³/mol. The first-order valence-corrected chi connectivity index (χ1v) is 8.12. The molecule has 3 rings (SSSR count). The lowest BCUT2D eigenvalue weighted by atomic mass is 9.98. The van der Waals surface area contributed by atoms with Crippen molar-refractivity contribution in [1.29, 1.82) is 0 Å². The van der Waals surface area contributed by atoms with Gasteiger partial charge in [-0.15, -0.1) is 12.4 Å². The summed E-state index contributed by atoms with van der Waals surface area (Å²) in [7, 11) is 0. The molecule has 2 saturated heterocycles. The molecule has 0 radical (unpaired) electrons. The van der Waals surface area contributed by atoms with Crippen LogP contribution >= 0.6 is 24.0 Å². The van der Waals surface area contributed by atoms with Crippen LogP contribution in [0.1, 0.15) is 12.8 Å². The molecule has 1 amide bonds. The number of rotatable bonds is 2. The fourth-order valence-electron chi connectivity index (χ4n) is 3.18. The van der Waals surface area contributed by atoms with Crippen molar-refractivity contribution in [2.75, 3.05) is 44.2 Å². The zero-order chi connectivity index (χ0) is 14.7. The lowest BCUT2D eigenvalue weighted by Gasteiger charge is -2.38. The molecule has 1 aromatic rings. The summed E-state index contributed by atoms with van der Waals surface area (Å²) in [6.45, 7) is 5.27. The summed E-state index contributed by atoms with van der Waals surface area (Å²) < 4.78 is 0. The second kappa shape index (κ2) is 8.04. The molecule has 0 spiro atoms. The lowest BCUT2D eigenvalue weighted by Crippen LogP contribution is -2.52. The third-order valence-corrected chi connectivity index (χ3v) is 4.65. The molecule has 0 saturated carbocycles. The second-order valence-corrected chi connectivity index (χ2v) is 6.27. The number of nitrogens with zero attached hydrogens (tertiary/aromatic N) is 2. The number of piperidine rings is 1. The molecule has 1 aromatic carbocycles.